The van der Waals surface area contributed by atoms with Crippen molar-refractivity contribution in [2.45, 2.75) is 19.1 Å². The van der Waals surface area contributed by atoms with Gasteiger partial charge in [0, 0.05) is 11.4 Å². The van der Waals surface area contributed by atoms with Gasteiger partial charge in [0.05, 0.1) is 11.0 Å². The quantitative estimate of drug-likeness (QED) is 0.211. The fourth-order valence-electron chi connectivity index (χ4n) is 4.07. The van der Waals surface area contributed by atoms with E-state index in [4.69, 9.17) is 16.3 Å². The van der Waals surface area contributed by atoms with Crippen molar-refractivity contribution in [1.29, 1.82) is 0 Å². The number of hydrogen-bond acceptors (Lipinski definition) is 4. The number of rotatable bonds is 9. The Morgan fingerprint density at radius 2 is 1.59 bits per heavy atom. The van der Waals surface area contributed by atoms with Crippen LogP contribution in [0.1, 0.15) is 21.7 Å². The minimum absolute atomic E-state index is 0.0223. The standard InChI is InChI=1S/C30H23ClFN3O4/c31-22-8-5-20(6-9-22)21-7-14-25-26(16-21)34-28(33-25)29(36)35-27(30(37)38)15-18-3-12-24(13-4-18)39-17-19-1-10-23(32)11-2-19/h1-14,16,27H,15,17H2,(H,33,34)(H,35,36)(H,37,38)/t27-/m0/s1. The number of fused-ring (bicyclic) bond motifs is 1. The van der Waals surface area contributed by atoms with Gasteiger partial charge in [0.15, 0.2) is 5.82 Å². The zero-order chi connectivity index (χ0) is 27.4. The molecule has 9 heteroatoms. The number of imidazole rings is 1. The molecule has 0 unspecified atom stereocenters. The molecule has 0 aliphatic rings. The largest absolute Gasteiger partial charge is 0.489 e. The molecule has 0 saturated carbocycles. The molecular formula is C30H23ClFN3O4. The number of aromatic amines is 1. The van der Waals surface area contributed by atoms with Gasteiger partial charge < -0.3 is 20.1 Å². The first-order valence-electron chi connectivity index (χ1n) is 12.1. The molecular weight excluding hydrogens is 521 g/mol. The van der Waals surface area contributed by atoms with Crippen LogP contribution in [0, 0.1) is 5.82 Å². The third-order valence-corrected chi connectivity index (χ3v) is 6.41. The molecule has 0 fully saturated rings. The zero-order valence-corrected chi connectivity index (χ0v) is 21.3. The fourth-order valence-corrected chi connectivity index (χ4v) is 4.20. The number of nitrogens with zero attached hydrogens (tertiary/aromatic N) is 1. The summed E-state index contributed by atoms with van der Waals surface area (Å²) in [6, 6.07) is 24.7. The number of aliphatic carboxylic acids is 1. The number of carboxylic acids is 1. The SMILES string of the molecule is O=C(N[C@@H](Cc1ccc(OCc2ccc(F)cc2)cc1)C(=O)O)c1nc2ccc(-c3ccc(Cl)cc3)cc2[nH]1. The molecule has 0 radical (unpaired) electrons. The maximum Gasteiger partial charge on any atom is 0.326 e. The summed E-state index contributed by atoms with van der Waals surface area (Å²) in [6.07, 6.45) is 0.0697. The molecule has 0 aliphatic heterocycles. The number of halogens is 2. The van der Waals surface area contributed by atoms with Crippen molar-refractivity contribution in [1.82, 2.24) is 15.3 Å². The average molecular weight is 544 g/mol. The molecule has 1 amide bonds. The van der Waals surface area contributed by atoms with E-state index in [9.17, 15) is 19.1 Å². The Morgan fingerprint density at radius 3 is 2.28 bits per heavy atom. The van der Waals surface area contributed by atoms with Gasteiger partial charge in [-0.3, -0.25) is 4.79 Å². The third kappa shape index (κ3) is 6.42. The summed E-state index contributed by atoms with van der Waals surface area (Å²) < 4.78 is 18.8. The minimum Gasteiger partial charge on any atom is -0.489 e. The molecule has 5 rings (SSSR count). The van der Waals surface area contributed by atoms with Crippen molar-refractivity contribution in [2.75, 3.05) is 0 Å². The predicted octanol–water partition coefficient (Wildman–Crippen LogP) is 6.03. The van der Waals surface area contributed by atoms with Gasteiger partial charge in [-0.05, 0) is 70.8 Å². The number of benzene rings is 4. The maximum absolute atomic E-state index is 13.0. The Labute approximate surface area is 228 Å². The normalized spacial score (nSPS) is 11.7. The second kappa shape index (κ2) is 11.4. The number of H-pyrrole nitrogens is 1. The highest BCUT2D eigenvalue weighted by Gasteiger charge is 2.23. The van der Waals surface area contributed by atoms with Crippen LogP contribution in [0.4, 0.5) is 4.39 Å². The highest BCUT2D eigenvalue weighted by atomic mass is 35.5. The van der Waals surface area contributed by atoms with Crippen LogP contribution in [0.3, 0.4) is 0 Å². The Bertz CT molecular complexity index is 1620. The van der Waals surface area contributed by atoms with Crippen molar-refractivity contribution >= 4 is 34.5 Å². The van der Waals surface area contributed by atoms with E-state index in [-0.39, 0.29) is 24.7 Å². The molecule has 0 aliphatic carbocycles. The van der Waals surface area contributed by atoms with Crippen LogP contribution < -0.4 is 10.1 Å². The second-order valence-electron chi connectivity index (χ2n) is 8.95. The topological polar surface area (TPSA) is 104 Å². The maximum atomic E-state index is 13.0. The molecule has 3 N–H and O–H groups in total. The van der Waals surface area contributed by atoms with E-state index < -0.39 is 17.9 Å². The van der Waals surface area contributed by atoms with Crippen molar-refractivity contribution in [3.05, 3.63) is 119 Å². The van der Waals surface area contributed by atoms with Gasteiger partial charge in [-0.15, -0.1) is 0 Å². The van der Waals surface area contributed by atoms with Gasteiger partial charge in [-0.1, -0.05) is 54.1 Å². The van der Waals surface area contributed by atoms with Gasteiger partial charge >= 0.3 is 5.97 Å². The van der Waals surface area contributed by atoms with Crippen LogP contribution in [0.25, 0.3) is 22.2 Å². The Hall–Kier alpha value is -4.69. The summed E-state index contributed by atoms with van der Waals surface area (Å²) >= 11 is 5.97. The summed E-state index contributed by atoms with van der Waals surface area (Å²) in [5.41, 5.74) is 4.63. The lowest BCUT2D eigenvalue weighted by Crippen LogP contribution is -2.42. The van der Waals surface area contributed by atoms with Gasteiger partial charge in [0.2, 0.25) is 0 Å². The first-order valence-corrected chi connectivity index (χ1v) is 12.5. The highest BCUT2D eigenvalue weighted by Crippen LogP contribution is 2.25. The smallest absolute Gasteiger partial charge is 0.326 e. The summed E-state index contributed by atoms with van der Waals surface area (Å²) in [4.78, 5) is 32.1. The number of amides is 1. The van der Waals surface area contributed by atoms with Crippen molar-refractivity contribution in [3.8, 4) is 16.9 Å². The summed E-state index contributed by atoms with van der Waals surface area (Å²) in [7, 11) is 0. The number of nitrogens with one attached hydrogen (secondary N) is 2. The molecule has 5 aromatic rings. The van der Waals surface area contributed by atoms with Crippen molar-refractivity contribution in [2.24, 2.45) is 0 Å². The summed E-state index contributed by atoms with van der Waals surface area (Å²) in [6.45, 7) is 0.270. The van der Waals surface area contributed by atoms with Gasteiger partial charge in [0.1, 0.15) is 24.2 Å². The van der Waals surface area contributed by atoms with E-state index in [1.54, 1.807) is 54.6 Å². The van der Waals surface area contributed by atoms with Crippen LogP contribution in [0.5, 0.6) is 5.75 Å². The number of aromatic nitrogens is 2. The molecule has 0 spiro atoms. The third-order valence-electron chi connectivity index (χ3n) is 6.16. The molecule has 0 bridgehead atoms. The Balaban J connectivity index is 1.23. The van der Waals surface area contributed by atoms with E-state index in [0.717, 1.165) is 16.7 Å². The minimum atomic E-state index is -1.17. The van der Waals surface area contributed by atoms with E-state index >= 15 is 0 Å². The van der Waals surface area contributed by atoms with E-state index in [1.165, 1.54) is 12.1 Å². The lowest BCUT2D eigenvalue weighted by atomic mass is 10.1. The van der Waals surface area contributed by atoms with E-state index in [1.807, 2.05) is 24.3 Å². The lowest BCUT2D eigenvalue weighted by molar-refractivity contribution is -0.139. The Morgan fingerprint density at radius 1 is 0.923 bits per heavy atom. The number of carboxylic acid groups (broad SMARTS) is 1. The van der Waals surface area contributed by atoms with E-state index in [0.29, 0.717) is 27.4 Å². The molecule has 1 aromatic heterocycles. The first kappa shape index (κ1) is 25.9. The van der Waals surface area contributed by atoms with Gasteiger partial charge in [-0.25, -0.2) is 14.2 Å². The number of ether oxygens (including phenoxy) is 1. The van der Waals surface area contributed by atoms with Crippen molar-refractivity contribution < 1.29 is 23.8 Å². The van der Waals surface area contributed by atoms with Crippen LogP contribution >= 0.6 is 11.6 Å². The Kier molecular flexibility index (Phi) is 7.56. The predicted molar refractivity (Wildman–Crippen MR) is 146 cm³/mol. The molecule has 0 saturated heterocycles. The number of carbonyl (C=O) groups excluding carboxylic acids is 1. The monoisotopic (exact) mass is 543 g/mol. The second-order valence-corrected chi connectivity index (χ2v) is 9.39. The molecule has 4 aromatic carbocycles. The zero-order valence-electron chi connectivity index (χ0n) is 20.5. The molecule has 196 valence electrons. The summed E-state index contributed by atoms with van der Waals surface area (Å²) in [5.74, 6) is -1.49. The van der Waals surface area contributed by atoms with Crippen LogP contribution in [-0.2, 0) is 17.8 Å². The highest BCUT2D eigenvalue weighted by molar-refractivity contribution is 6.30. The number of carbonyl (C=O) groups is 2. The van der Waals surface area contributed by atoms with E-state index in [2.05, 4.69) is 15.3 Å². The fraction of sp³-hybridized carbons (Fsp3) is 0.100. The number of hydrogen-bond donors (Lipinski definition) is 3. The summed E-state index contributed by atoms with van der Waals surface area (Å²) in [5, 5.41) is 12.9. The average Bonchev–Trinajstić information content (AvgIpc) is 3.37. The van der Waals surface area contributed by atoms with Crippen molar-refractivity contribution in [3.63, 3.8) is 0 Å². The van der Waals surface area contributed by atoms with Crippen LogP contribution in [0.15, 0.2) is 91.0 Å². The van der Waals surface area contributed by atoms with Gasteiger partial charge in [-0.2, -0.15) is 0 Å². The lowest BCUT2D eigenvalue weighted by Gasteiger charge is -2.14. The molecule has 1 atom stereocenters. The van der Waals surface area contributed by atoms with Crippen LogP contribution in [0.2, 0.25) is 5.02 Å². The van der Waals surface area contributed by atoms with Crippen LogP contribution in [-0.4, -0.2) is 33.0 Å². The molecule has 1 heterocycles. The van der Waals surface area contributed by atoms with Gasteiger partial charge in [0.25, 0.3) is 5.91 Å². The molecule has 7 nitrogen and oxygen atoms in total. The first-order chi connectivity index (χ1) is 18.8. The molecule has 39 heavy (non-hydrogen) atoms.